The molecule has 3 rings (SSSR count). The largest absolute Gasteiger partial charge is 0.371 e. The van der Waals surface area contributed by atoms with Crippen LogP contribution in [0.3, 0.4) is 0 Å². The van der Waals surface area contributed by atoms with E-state index in [-0.39, 0.29) is 5.56 Å². The van der Waals surface area contributed by atoms with Crippen LogP contribution in [0.5, 0.6) is 0 Å². The number of pyridine rings is 1. The molecule has 0 aromatic carbocycles. The molecule has 3 aromatic heterocycles. The van der Waals surface area contributed by atoms with Crippen molar-refractivity contribution in [1.82, 2.24) is 19.6 Å². The second-order valence-electron chi connectivity index (χ2n) is 4.72. The van der Waals surface area contributed by atoms with Gasteiger partial charge in [-0.15, -0.1) is 0 Å². The lowest BCUT2D eigenvalue weighted by atomic mass is 10.2. The number of carbonyl (C=O) groups is 1. The Morgan fingerprint density at radius 3 is 2.95 bits per heavy atom. The maximum atomic E-state index is 11.5. The van der Waals surface area contributed by atoms with Crippen LogP contribution in [0.1, 0.15) is 27.3 Å². The highest BCUT2D eigenvalue weighted by atomic mass is 16.1. The van der Waals surface area contributed by atoms with Crippen LogP contribution >= 0.6 is 0 Å². The summed E-state index contributed by atoms with van der Waals surface area (Å²) in [6.07, 6.45) is 3.48. The number of nitrogens with zero attached hydrogens (tertiary/aromatic N) is 3. The number of hydrogen-bond acceptors (Lipinski definition) is 4. The lowest BCUT2D eigenvalue weighted by molar-refractivity contribution is 0.100. The third kappa shape index (κ3) is 2.16. The molecule has 1 amide bonds. The number of carbonyl (C=O) groups excluding carboxylic acids is 1. The number of aryl methyl sites for hydroxylation is 1. The van der Waals surface area contributed by atoms with Crippen molar-refractivity contribution in [2.45, 2.75) is 6.92 Å². The van der Waals surface area contributed by atoms with Crippen molar-refractivity contribution in [1.29, 1.82) is 0 Å². The van der Waals surface area contributed by atoms with Crippen LogP contribution in [-0.2, 0) is 0 Å². The van der Waals surface area contributed by atoms with E-state index in [0.717, 1.165) is 16.8 Å². The molecule has 0 unspecified atom stereocenters. The lowest BCUT2D eigenvalue weighted by Crippen LogP contribution is -2.13. The minimum absolute atomic E-state index is 0.256. The fourth-order valence-corrected chi connectivity index (χ4v) is 2.23. The fraction of sp³-hybridized carbons (Fsp3) is 0.133. The molecule has 0 aliphatic rings. The van der Waals surface area contributed by atoms with Crippen molar-refractivity contribution >= 4 is 17.2 Å². The molecule has 0 spiro atoms. The van der Waals surface area contributed by atoms with Crippen LogP contribution in [0.2, 0.25) is 0 Å². The quantitative estimate of drug-likeness (QED) is 0.611. The van der Waals surface area contributed by atoms with E-state index >= 15 is 0 Å². The zero-order valence-electron chi connectivity index (χ0n) is 12.1. The predicted molar refractivity (Wildman–Crippen MR) is 82.6 cm³/mol. The summed E-state index contributed by atoms with van der Waals surface area (Å²) in [5.74, 6) is 5.75. The molecule has 0 saturated heterocycles. The molecule has 7 nitrogen and oxygen atoms in total. The zero-order valence-corrected chi connectivity index (χ0v) is 12.1. The predicted octanol–water partition coefficient (Wildman–Crippen LogP) is 0.906. The minimum atomic E-state index is -0.583. The molecule has 7 heteroatoms. The average Bonchev–Trinajstić information content (AvgIpc) is 3.13. The summed E-state index contributed by atoms with van der Waals surface area (Å²) in [5.41, 5.74) is 8.79. The third-order valence-corrected chi connectivity index (χ3v) is 3.36. The average molecular weight is 294 g/mol. The highest BCUT2D eigenvalue weighted by Gasteiger charge is 2.15. The number of aromatic nitrogens is 4. The number of hydrogen-bond donors (Lipinski definition) is 3. The number of primary amides is 1. The van der Waals surface area contributed by atoms with Crippen molar-refractivity contribution in [3.05, 3.63) is 47.2 Å². The molecular formula is C15H14N6O. The Morgan fingerprint density at radius 2 is 2.23 bits per heavy atom. The van der Waals surface area contributed by atoms with E-state index in [1.165, 1.54) is 0 Å². The van der Waals surface area contributed by atoms with Crippen LogP contribution in [0.15, 0.2) is 24.7 Å². The van der Waals surface area contributed by atoms with Crippen LogP contribution in [0, 0.1) is 18.8 Å². The van der Waals surface area contributed by atoms with Gasteiger partial charge in [-0.3, -0.25) is 9.89 Å². The normalized spacial score (nSPS) is 10.3. The van der Waals surface area contributed by atoms with Crippen LogP contribution in [0.25, 0.3) is 5.52 Å². The van der Waals surface area contributed by atoms with Gasteiger partial charge in [0.05, 0.1) is 23.6 Å². The summed E-state index contributed by atoms with van der Waals surface area (Å²) in [5, 5.41) is 9.50. The van der Waals surface area contributed by atoms with Crippen molar-refractivity contribution in [3.63, 3.8) is 0 Å². The van der Waals surface area contributed by atoms with Gasteiger partial charge in [-0.25, -0.2) is 4.98 Å². The van der Waals surface area contributed by atoms with Crippen LogP contribution in [-0.4, -0.2) is 32.5 Å². The molecule has 0 saturated carbocycles. The monoisotopic (exact) mass is 294 g/mol. The molecule has 4 N–H and O–H groups in total. The van der Waals surface area contributed by atoms with Gasteiger partial charge in [-0.2, -0.15) is 5.10 Å². The summed E-state index contributed by atoms with van der Waals surface area (Å²) in [7, 11) is 1.66. The Labute approximate surface area is 126 Å². The van der Waals surface area contributed by atoms with Gasteiger partial charge in [0.2, 0.25) is 0 Å². The number of amides is 1. The van der Waals surface area contributed by atoms with Gasteiger partial charge in [0.1, 0.15) is 11.3 Å². The molecular weight excluding hydrogens is 280 g/mol. The van der Waals surface area contributed by atoms with Crippen LogP contribution < -0.4 is 11.1 Å². The molecule has 0 aliphatic heterocycles. The first kappa shape index (κ1) is 13.7. The van der Waals surface area contributed by atoms with Crippen molar-refractivity contribution in [2.24, 2.45) is 5.73 Å². The van der Waals surface area contributed by atoms with E-state index in [1.54, 1.807) is 19.6 Å². The van der Waals surface area contributed by atoms with E-state index in [4.69, 9.17) is 5.73 Å². The topological polar surface area (TPSA) is 101 Å². The fourth-order valence-electron chi connectivity index (χ4n) is 2.23. The summed E-state index contributed by atoms with van der Waals surface area (Å²) in [6, 6.07) is 3.87. The second-order valence-corrected chi connectivity index (χ2v) is 4.72. The number of anilines is 1. The maximum absolute atomic E-state index is 11.5. The molecule has 0 fully saturated rings. The number of nitrogens with one attached hydrogen (secondary N) is 2. The first-order valence-electron chi connectivity index (χ1n) is 6.61. The highest BCUT2D eigenvalue weighted by Crippen LogP contribution is 2.16. The molecule has 0 bridgehead atoms. The zero-order chi connectivity index (χ0) is 15.7. The number of fused-ring (bicyclic) bond motifs is 1. The Bertz CT molecular complexity index is 925. The molecule has 3 aromatic rings. The summed E-state index contributed by atoms with van der Waals surface area (Å²) >= 11 is 0. The first-order chi connectivity index (χ1) is 10.6. The van der Waals surface area contributed by atoms with Crippen LogP contribution in [0.4, 0.5) is 5.82 Å². The standard InChI is InChI=1S/C15H14N6O/c1-9-3-4-10(12-7-18-8-21(9)12)5-6-11-13(14(16)22)15(17-2)20-19-11/h3-4,7-8H,1-2H3,(H2,16,22)(H2,17,19,20). The molecule has 22 heavy (non-hydrogen) atoms. The van der Waals surface area contributed by atoms with Gasteiger partial charge in [0.15, 0.2) is 5.82 Å². The summed E-state index contributed by atoms with van der Waals surface area (Å²) in [4.78, 5) is 15.7. The van der Waals surface area contributed by atoms with E-state index in [9.17, 15) is 4.79 Å². The van der Waals surface area contributed by atoms with Gasteiger partial charge < -0.3 is 15.5 Å². The summed E-state index contributed by atoms with van der Waals surface area (Å²) < 4.78 is 1.95. The summed E-state index contributed by atoms with van der Waals surface area (Å²) in [6.45, 7) is 1.99. The second kappa shape index (κ2) is 5.26. The molecule has 0 radical (unpaired) electrons. The van der Waals surface area contributed by atoms with Gasteiger partial charge in [-0.05, 0) is 25.0 Å². The van der Waals surface area contributed by atoms with Crippen molar-refractivity contribution < 1.29 is 4.79 Å². The Kier molecular flexibility index (Phi) is 3.27. The number of aromatic amines is 1. The first-order valence-corrected chi connectivity index (χ1v) is 6.61. The van der Waals surface area contributed by atoms with Gasteiger partial charge in [-0.1, -0.05) is 5.92 Å². The Hall–Kier alpha value is -3.27. The smallest absolute Gasteiger partial charge is 0.255 e. The van der Waals surface area contributed by atoms with Crippen molar-refractivity contribution in [2.75, 3.05) is 12.4 Å². The van der Waals surface area contributed by atoms with E-state index in [2.05, 4.69) is 32.3 Å². The van der Waals surface area contributed by atoms with E-state index in [0.29, 0.717) is 11.5 Å². The molecule has 110 valence electrons. The van der Waals surface area contributed by atoms with Gasteiger partial charge >= 0.3 is 0 Å². The molecule has 0 aliphatic carbocycles. The lowest BCUT2D eigenvalue weighted by Gasteiger charge is -2.01. The maximum Gasteiger partial charge on any atom is 0.255 e. The van der Waals surface area contributed by atoms with E-state index in [1.807, 2.05) is 23.5 Å². The molecule has 0 atom stereocenters. The molecule has 3 heterocycles. The van der Waals surface area contributed by atoms with Gasteiger partial charge in [0.25, 0.3) is 5.91 Å². The van der Waals surface area contributed by atoms with E-state index < -0.39 is 5.91 Å². The Balaban J connectivity index is 2.09. The SMILES string of the molecule is CNc1n[nH]c(C#Cc2ccc(C)n3cncc23)c1C(N)=O. The Morgan fingerprint density at radius 1 is 1.41 bits per heavy atom. The number of imidazole rings is 1. The number of rotatable bonds is 2. The number of nitrogens with two attached hydrogens (primary N) is 1. The highest BCUT2D eigenvalue weighted by molar-refractivity contribution is 5.99. The van der Waals surface area contributed by atoms with Gasteiger partial charge in [0, 0.05) is 12.7 Å². The van der Waals surface area contributed by atoms with Crippen molar-refractivity contribution in [3.8, 4) is 11.8 Å². The minimum Gasteiger partial charge on any atom is -0.371 e. The number of H-pyrrole nitrogens is 1. The third-order valence-electron chi connectivity index (χ3n) is 3.36.